The van der Waals surface area contributed by atoms with Crippen molar-refractivity contribution in [2.24, 2.45) is 0 Å². The highest BCUT2D eigenvalue weighted by molar-refractivity contribution is 6.32. The van der Waals surface area contributed by atoms with Crippen LogP contribution in [0.4, 0.5) is 11.8 Å². The van der Waals surface area contributed by atoms with Crippen LogP contribution in [0, 0.1) is 0 Å². The summed E-state index contributed by atoms with van der Waals surface area (Å²) in [6.07, 6.45) is 7.64. The average Bonchev–Trinajstić information content (AvgIpc) is 2.47. The summed E-state index contributed by atoms with van der Waals surface area (Å²) in [6.45, 7) is 0.663. The number of anilines is 2. The van der Waals surface area contributed by atoms with E-state index in [1.807, 2.05) is 0 Å². The highest BCUT2D eigenvalue weighted by Gasteiger charge is 2.24. The van der Waals surface area contributed by atoms with Crippen molar-refractivity contribution in [3.8, 4) is 0 Å². The zero-order valence-electron chi connectivity index (χ0n) is 11.3. The zero-order valence-corrected chi connectivity index (χ0v) is 12.0. The third kappa shape index (κ3) is 3.48. The van der Waals surface area contributed by atoms with Gasteiger partial charge >= 0.3 is 0 Å². The van der Waals surface area contributed by atoms with Gasteiger partial charge in [0, 0.05) is 19.6 Å². The number of hydrogen-bond acceptors (Lipinski definition) is 5. The summed E-state index contributed by atoms with van der Waals surface area (Å²) in [5.41, 5.74) is 0. The van der Waals surface area contributed by atoms with Gasteiger partial charge < -0.3 is 15.3 Å². The van der Waals surface area contributed by atoms with Gasteiger partial charge in [0.2, 0.25) is 5.95 Å². The minimum absolute atomic E-state index is 0.103. The summed E-state index contributed by atoms with van der Waals surface area (Å²) >= 11 is 6.23. The van der Waals surface area contributed by atoms with Crippen molar-refractivity contribution in [3.05, 3.63) is 11.2 Å². The summed E-state index contributed by atoms with van der Waals surface area (Å²) in [5.74, 6) is 1.28. The van der Waals surface area contributed by atoms with Crippen LogP contribution >= 0.6 is 11.6 Å². The van der Waals surface area contributed by atoms with E-state index in [0.29, 0.717) is 23.6 Å². The Morgan fingerprint density at radius 3 is 2.79 bits per heavy atom. The molecule has 106 valence electrons. The minimum Gasteiger partial charge on any atom is -0.395 e. The van der Waals surface area contributed by atoms with E-state index in [-0.39, 0.29) is 6.61 Å². The summed E-state index contributed by atoms with van der Waals surface area (Å²) in [6, 6.07) is 0.415. The average molecular weight is 285 g/mol. The van der Waals surface area contributed by atoms with Gasteiger partial charge in [-0.05, 0) is 12.8 Å². The lowest BCUT2D eigenvalue weighted by molar-refractivity contribution is 0.289. The van der Waals surface area contributed by atoms with Gasteiger partial charge in [0.1, 0.15) is 5.02 Å². The first-order valence-corrected chi connectivity index (χ1v) is 7.22. The molecule has 1 aliphatic carbocycles. The predicted octanol–water partition coefficient (Wildman–Crippen LogP) is 2.30. The standard InChI is InChI=1S/C13H21ClN4O/c1-15-13-16-9-11(14)12(17-13)18(7-8-19)10-5-3-2-4-6-10/h9-10,19H,2-8H2,1H3,(H,15,16,17). The van der Waals surface area contributed by atoms with Crippen LogP contribution in [0.1, 0.15) is 32.1 Å². The molecule has 0 saturated heterocycles. The fourth-order valence-electron chi connectivity index (χ4n) is 2.64. The molecule has 0 unspecified atom stereocenters. The Hall–Kier alpha value is -1.07. The van der Waals surface area contributed by atoms with Crippen LogP contribution in [-0.4, -0.2) is 41.3 Å². The molecular formula is C13H21ClN4O. The first-order valence-electron chi connectivity index (χ1n) is 6.84. The van der Waals surface area contributed by atoms with E-state index in [1.165, 1.54) is 19.3 Å². The van der Waals surface area contributed by atoms with Crippen LogP contribution in [0.5, 0.6) is 0 Å². The SMILES string of the molecule is CNc1ncc(Cl)c(N(CCO)C2CCCCC2)n1. The highest BCUT2D eigenvalue weighted by Crippen LogP contribution is 2.30. The van der Waals surface area contributed by atoms with Gasteiger partial charge in [-0.3, -0.25) is 0 Å². The third-order valence-electron chi connectivity index (χ3n) is 3.58. The van der Waals surface area contributed by atoms with E-state index in [9.17, 15) is 5.11 Å². The number of aromatic nitrogens is 2. The number of nitrogens with zero attached hydrogens (tertiary/aromatic N) is 3. The number of halogens is 1. The predicted molar refractivity (Wildman–Crippen MR) is 77.9 cm³/mol. The van der Waals surface area contributed by atoms with E-state index in [0.717, 1.165) is 18.7 Å². The molecule has 1 aliphatic rings. The molecule has 1 saturated carbocycles. The van der Waals surface area contributed by atoms with Crippen molar-refractivity contribution in [2.75, 3.05) is 30.4 Å². The van der Waals surface area contributed by atoms with E-state index in [1.54, 1.807) is 13.2 Å². The molecule has 0 bridgehead atoms. The molecule has 0 aromatic carbocycles. The Kier molecular flexibility index (Phi) is 5.22. The summed E-state index contributed by atoms with van der Waals surface area (Å²) in [4.78, 5) is 10.7. The van der Waals surface area contributed by atoms with Crippen molar-refractivity contribution in [1.29, 1.82) is 0 Å². The van der Waals surface area contributed by atoms with E-state index in [4.69, 9.17) is 11.6 Å². The van der Waals surface area contributed by atoms with E-state index < -0.39 is 0 Å². The monoisotopic (exact) mass is 284 g/mol. The lowest BCUT2D eigenvalue weighted by atomic mass is 9.94. The minimum atomic E-state index is 0.103. The lowest BCUT2D eigenvalue weighted by Crippen LogP contribution is -2.39. The molecule has 1 fully saturated rings. The molecule has 5 nitrogen and oxygen atoms in total. The van der Waals surface area contributed by atoms with Crippen LogP contribution in [0.2, 0.25) is 5.02 Å². The molecule has 2 N–H and O–H groups in total. The molecule has 0 radical (unpaired) electrons. The fraction of sp³-hybridized carbons (Fsp3) is 0.692. The van der Waals surface area contributed by atoms with E-state index >= 15 is 0 Å². The number of rotatable bonds is 5. The van der Waals surface area contributed by atoms with Gasteiger partial charge in [-0.25, -0.2) is 4.98 Å². The van der Waals surface area contributed by atoms with Crippen LogP contribution in [-0.2, 0) is 0 Å². The second-order valence-electron chi connectivity index (χ2n) is 4.82. The second kappa shape index (κ2) is 6.91. The topological polar surface area (TPSA) is 61.3 Å². The maximum absolute atomic E-state index is 9.30. The third-order valence-corrected chi connectivity index (χ3v) is 3.84. The van der Waals surface area contributed by atoms with Crippen molar-refractivity contribution in [3.63, 3.8) is 0 Å². The van der Waals surface area contributed by atoms with Crippen molar-refractivity contribution in [2.45, 2.75) is 38.1 Å². The maximum atomic E-state index is 9.30. The van der Waals surface area contributed by atoms with Gasteiger partial charge in [0.15, 0.2) is 5.82 Å². The first-order chi connectivity index (χ1) is 9.26. The Bertz CT molecular complexity index is 410. The smallest absolute Gasteiger partial charge is 0.224 e. The Balaban J connectivity index is 2.26. The molecule has 1 aromatic rings. The van der Waals surface area contributed by atoms with Gasteiger partial charge in [-0.2, -0.15) is 4.98 Å². The molecule has 0 aliphatic heterocycles. The quantitative estimate of drug-likeness (QED) is 0.869. The lowest BCUT2D eigenvalue weighted by Gasteiger charge is -2.35. The molecule has 0 atom stereocenters. The Labute approximate surface area is 119 Å². The highest BCUT2D eigenvalue weighted by atomic mass is 35.5. The van der Waals surface area contributed by atoms with Crippen molar-refractivity contribution >= 4 is 23.4 Å². The summed E-state index contributed by atoms with van der Waals surface area (Å²) in [7, 11) is 1.78. The normalized spacial score (nSPS) is 16.4. The number of hydrogen-bond donors (Lipinski definition) is 2. The van der Waals surface area contributed by atoms with Crippen LogP contribution < -0.4 is 10.2 Å². The van der Waals surface area contributed by atoms with Gasteiger partial charge in [-0.15, -0.1) is 0 Å². The van der Waals surface area contributed by atoms with E-state index in [2.05, 4.69) is 20.2 Å². The Morgan fingerprint density at radius 1 is 1.42 bits per heavy atom. The molecule has 0 spiro atoms. The largest absolute Gasteiger partial charge is 0.395 e. The number of aliphatic hydroxyl groups excluding tert-OH is 1. The van der Waals surface area contributed by atoms with Gasteiger partial charge in [-0.1, -0.05) is 30.9 Å². The molecule has 19 heavy (non-hydrogen) atoms. The molecule has 1 aromatic heterocycles. The molecule has 0 amide bonds. The summed E-state index contributed by atoms with van der Waals surface area (Å²) < 4.78 is 0. The molecule has 6 heteroatoms. The van der Waals surface area contributed by atoms with Crippen LogP contribution in [0.25, 0.3) is 0 Å². The second-order valence-corrected chi connectivity index (χ2v) is 5.23. The first kappa shape index (κ1) is 14.3. The Morgan fingerprint density at radius 2 is 2.16 bits per heavy atom. The van der Waals surface area contributed by atoms with Crippen molar-refractivity contribution in [1.82, 2.24) is 9.97 Å². The van der Waals surface area contributed by atoms with Gasteiger partial charge in [0.05, 0.1) is 12.8 Å². The molecule has 1 heterocycles. The van der Waals surface area contributed by atoms with Crippen LogP contribution in [0.3, 0.4) is 0 Å². The molecular weight excluding hydrogens is 264 g/mol. The van der Waals surface area contributed by atoms with Gasteiger partial charge in [0.25, 0.3) is 0 Å². The fourth-order valence-corrected chi connectivity index (χ4v) is 2.84. The number of aliphatic hydroxyl groups is 1. The van der Waals surface area contributed by atoms with Crippen molar-refractivity contribution < 1.29 is 5.11 Å². The number of nitrogens with one attached hydrogen (secondary N) is 1. The van der Waals surface area contributed by atoms with Crippen LogP contribution in [0.15, 0.2) is 6.20 Å². The summed E-state index contributed by atoms with van der Waals surface area (Å²) in [5, 5.41) is 12.8. The zero-order chi connectivity index (χ0) is 13.7. The maximum Gasteiger partial charge on any atom is 0.224 e. The molecule has 2 rings (SSSR count).